The number of para-hydroxylation sites is 1. The zero-order valence-corrected chi connectivity index (χ0v) is 25.8. The Bertz CT molecular complexity index is 2840. The van der Waals surface area contributed by atoms with Crippen LogP contribution in [0.4, 0.5) is 5.69 Å². The van der Waals surface area contributed by atoms with Gasteiger partial charge >= 0.3 is 0 Å². The van der Waals surface area contributed by atoms with E-state index in [1.54, 1.807) is 36.7 Å². The first-order chi connectivity index (χ1) is 24.2. The molecule has 0 saturated heterocycles. The number of aromatic nitrogens is 4. The second-order valence-corrected chi connectivity index (χ2v) is 11.7. The molecule has 0 aliphatic carbocycles. The SMILES string of the molecule is [C-]#[N+]c1ccnc(-c2ccc(-c3c4ccccc4c(-c4ccc(-c5cc(C#N)ccn5)nc4)c4cc5oc6ccccc6c5cc34)cn2)c1. The third-order valence-corrected chi connectivity index (χ3v) is 8.91. The molecule has 5 heterocycles. The average molecular weight is 627 g/mol. The van der Waals surface area contributed by atoms with Gasteiger partial charge in [-0.1, -0.05) is 54.6 Å². The Morgan fingerprint density at radius 3 is 1.78 bits per heavy atom. The number of hydrogen-bond acceptors (Lipinski definition) is 6. The fourth-order valence-corrected chi connectivity index (χ4v) is 6.67. The third kappa shape index (κ3) is 4.66. The molecule has 5 aromatic heterocycles. The van der Waals surface area contributed by atoms with Gasteiger partial charge in [0.25, 0.3) is 0 Å². The van der Waals surface area contributed by atoms with Gasteiger partial charge in [-0.3, -0.25) is 19.9 Å². The van der Waals surface area contributed by atoms with Gasteiger partial charge in [-0.2, -0.15) is 5.26 Å². The summed E-state index contributed by atoms with van der Waals surface area (Å²) in [4.78, 5) is 22.1. The molecule has 0 bridgehead atoms. The van der Waals surface area contributed by atoms with Crippen LogP contribution in [0.1, 0.15) is 5.56 Å². The molecule has 9 rings (SSSR count). The molecule has 0 radical (unpaired) electrons. The molecule has 7 nitrogen and oxygen atoms in total. The summed E-state index contributed by atoms with van der Waals surface area (Å²) in [5, 5.41) is 15.7. The van der Waals surface area contributed by atoms with Crippen molar-refractivity contribution in [1.29, 1.82) is 5.26 Å². The van der Waals surface area contributed by atoms with Crippen LogP contribution in [-0.2, 0) is 0 Å². The van der Waals surface area contributed by atoms with Gasteiger partial charge in [0.1, 0.15) is 11.2 Å². The van der Waals surface area contributed by atoms with E-state index in [4.69, 9.17) is 21.0 Å². The minimum absolute atomic E-state index is 0.522. The van der Waals surface area contributed by atoms with Crippen LogP contribution in [0.5, 0.6) is 0 Å². The molecule has 0 aliphatic heterocycles. The Balaban J connectivity index is 1.31. The lowest BCUT2D eigenvalue weighted by Gasteiger charge is -2.18. The van der Waals surface area contributed by atoms with Crippen molar-refractivity contribution in [3.8, 4) is 51.1 Å². The second kappa shape index (κ2) is 11.2. The van der Waals surface area contributed by atoms with Crippen LogP contribution < -0.4 is 0 Å². The first kappa shape index (κ1) is 28.0. The minimum atomic E-state index is 0.522. The molecule has 0 fully saturated rings. The van der Waals surface area contributed by atoms with Crippen molar-refractivity contribution >= 4 is 49.2 Å². The molecule has 9 aromatic rings. The van der Waals surface area contributed by atoms with Crippen molar-refractivity contribution < 1.29 is 4.42 Å². The predicted molar refractivity (Wildman–Crippen MR) is 193 cm³/mol. The molecule has 0 aliphatic rings. The first-order valence-corrected chi connectivity index (χ1v) is 15.6. The third-order valence-electron chi connectivity index (χ3n) is 8.91. The predicted octanol–water partition coefficient (Wildman–Crippen LogP) is 10.6. The molecule has 0 unspecified atom stereocenters. The number of fused-ring (bicyclic) bond motifs is 5. The molecule has 0 amide bonds. The Kier molecular flexibility index (Phi) is 6.43. The van der Waals surface area contributed by atoms with E-state index >= 15 is 0 Å². The van der Waals surface area contributed by atoms with Crippen LogP contribution in [0.3, 0.4) is 0 Å². The summed E-state index contributed by atoms with van der Waals surface area (Å²) in [7, 11) is 0. The smallest absolute Gasteiger partial charge is 0.190 e. The van der Waals surface area contributed by atoms with Crippen LogP contribution in [0.15, 0.2) is 138 Å². The van der Waals surface area contributed by atoms with Gasteiger partial charge in [-0.05, 0) is 87.3 Å². The van der Waals surface area contributed by atoms with Crippen molar-refractivity contribution in [3.63, 3.8) is 0 Å². The highest BCUT2D eigenvalue weighted by Gasteiger charge is 2.20. The van der Waals surface area contributed by atoms with E-state index in [1.807, 2.05) is 42.7 Å². The summed E-state index contributed by atoms with van der Waals surface area (Å²) in [5.74, 6) is 0. The Morgan fingerprint density at radius 1 is 0.531 bits per heavy atom. The summed E-state index contributed by atoms with van der Waals surface area (Å²) >= 11 is 0. The summed E-state index contributed by atoms with van der Waals surface area (Å²) in [5.41, 5.74) is 9.39. The van der Waals surface area contributed by atoms with Crippen molar-refractivity contribution in [3.05, 3.63) is 151 Å². The van der Waals surface area contributed by atoms with Crippen LogP contribution in [0, 0.1) is 17.9 Å². The number of hydrogen-bond donors (Lipinski definition) is 0. The van der Waals surface area contributed by atoms with Crippen molar-refractivity contribution in [2.45, 2.75) is 0 Å². The van der Waals surface area contributed by atoms with Gasteiger partial charge in [0.2, 0.25) is 0 Å². The molecule has 0 N–H and O–H groups in total. The number of benzene rings is 4. The number of pyridine rings is 4. The van der Waals surface area contributed by atoms with Gasteiger partial charge in [-0.15, -0.1) is 0 Å². The zero-order valence-electron chi connectivity index (χ0n) is 25.8. The minimum Gasteiger partial charge on any atom is -0.456 e. The van der Waals surface area contributed by atoms with Crippen LogP contribution in [-0.4, -0.2) is 19.9 Å². The summed E-state index contributed by atoms with van der Waals surface area (Å²) in [6.45, 7) is 7.40. The van der Waals surface area contributed by atoms with Crippen molar-refractivity contribution in [2.75, 3.05) is 0 Å². The Labute approximate surface area is 280 Å². The number of rotatable bonds is 4. The highest BCUT2D eigenvalue weighted by atomic mass is 16.3. The standard InChI is InChI=1S/C42H22N6O/c1-44-28-15-17-46-38(19-28)36-13-11-26(23-48-36)41-30-7-2-3-8-31(30)42(27-10-12-35(47-24-27)37-18-25(22-43)14-16-45-37)34-21-40-32(20-33(34)41)29-6-4-5-9-39(29)49-40/h2-21,23-24H. The molecule has 4 aromatic carbocycles. The molecule has 0 atom stereocenters. The molecule has 226 valence electrons. The Morgan fingerprint density at radius 2 is 1.14 bits per heavy atom. The van der Waals surface area contributed by atoms with Crippen molar-refractivity contribution in [1.82, 2.24) is 19.9 Å². The molecule has 7 heteroatoms. The second-order valence-electron chi connectivity index (χ2n) is 11.7. The fourth-order valence-electron chi connectivity index (χ4n) is 6.67. The maximum absolute atomic E-state index is 9.39. The number of furan rings is 1. The quantitative estimate of drug-likeness (QED) is 0.143. The van der Waals surface area contributed by atoms with Crippen LogP contribution in [0.25, 0.3) is 93.4 Å². The molecular weight excluding hydrogens is 605 g/mol. The van der Waals surface area contributed by atoms with E-state index in [1.165, 1.54) is 0 Å². The summed E-state index contributed by atoms with van der Waals surface area (Å²) in [6, 6.07) is 38.0. The average Bonchev–Trinajstić information content (AvgIpc) is 3.54. The highest BCUT2D eigenvalue weighted by molar-refractivity contribution is 6.24. The fraction of sp³-hybridized carbons (Fsp3) is 0. The van der Waals surface area contributed by atoms with Gasteiger partial charge in [0.05, 0.1) is 41.0 Å². The van der Waals surface area contributed by atoms with Gasteiger partial charge in [0, 0.05) is 46.7 Å². The number of nitrogens with zero attached hydrogens (tertiary/aromatic N) is 6. The lowest BCUT2D eigenvalue weighted by atomic mass is 9.86. The molecule has 0 spiro atoms. The van der Waals surface area contributed by atoms with E-state index in [0.29, 0.717) is 34.0 Å². The molecule has 49 heavy (non-hydrogen) atoms. The van der Waals surface area contributed by atoms with Crippen LogP contribution >= 0.6 is 0 Å². The summed E-state index contributed by atoms with van der Waals surface area (Å²) in [6.07, 6.45) is 7.03. The van der Waals surface area contributed by atoms with Crippen LogP contribution in [0.2, 0.25) is 0 Å². The van der Waals surface area contributed by atoms with Crippen molar-refractivity contribution in [2.24, 2.45) is 0 Å². The van der Waals surface area contributed by atoms with E-state index < -0.39 is 0 Å². The van der Waals surface area contributed by atoms with E-state index in [-0.39, 0.29) is 0 Å². The maximum Gasteiger partial charge on any atom is 0.190 e. The zero-order chi connectivity index (χ0) is 32.9. The maximum atomic E-state index is 9.39. The topological polar surface area (TPSA) is 92.8 Å². The summed E-state index contributed by atoms with van der Waals surface area (Å²) < 4.78 is 6.40. The first-order valence-electron chi connectivity index (χ1n) is 15.6. The number of nitriles is 1. The van der Waals surface area contributed by atoms with Gasteiger partial charge in [0.15, 0.2) is 5.69 Å². The lowest BCUT2D eigenvalue weighted by Crippen LogP contribution is -1.94. The monoisotopic (exact) mass is 626 g/mol. The lowest BCUT2D eigenvalue weighted by molar-refractivity contribution is 0.669. The molecular formula is C42H22N6O. The van der Waals surface area contributed by atoms with Gasteiger partial charge < -0.3 is 4.42 Å². The highest BCUT2D eigenvalue weighted by Crippen LogP contribution is 2.46. The normalized spacial score (nSPS) is 11.2. The largest absolute Gasteiger partial charge is 0.456 e. The molecule has 0 saturated carbocycles. The Hall–Kier alpha value is -7.22. The van der Waals surface area contributed by atoms with Gasteiger partial charge in [-0.25, -0.2) is 4.85 Å². The van der Waals surface area contributed by atoms with E-state index in [0.717, 1.165) is 65.7 Å². The van der Waals surface area contributed by atoms with E-state index in [2.05, 4.69) is 75.5 Å². The van der Waals surface area contributed by atoms with E-state index in [9.17, 15) is 5.26 Å².